The van der Waals surface area contributed by atoms with Gasteiger partial charge in [-0.3, -0.25) is 4.98 Å². The van der Waals surface area contributed by atoms with E-state index in [-0.39, 0.29) is 0 Å². The zero-order valence-corrected chi connectivity index (χ0v) is 12.8. The van der Waals surface area contributed by atoms with Gasteiger partial charge in [0.1, 0.15) is 17.5 Å². The lowest BCUT2D eigenvalue weighted by Gasteiger charge is -2.35. The molecule has 1 aliphatic heterocycles. The topological polar surface area (TPSA) is 96.1 Å². The first-order valence-corrected chi connectivity index (χ1v) is 7.27. The summed E-state index contributed by atoms with van der Waals surface area (Å²) in [5.74, 6) is 2.87. The first kappa shape index (κ1) is 14.3. The highest BCUT2D eigenvalue weighted by molar-refractivity contribution is 5.58. The molecule has 0 amide bonds. The van der Waals surface area contributed by atoms with Crippen molar-refractivity contribution in [3.63, 3.8) is 0 Å². The van der Waals surface area contributed by atoms with Crippen molar-refractivity contribution in [2.24, 2.45) is 0 Å². The summed E-state index contributed by atoms with van der Waals surface area (Å²) in [5, 5.41) is 3.06. The molecule has 3 heterocycles. The van der Waals surface area contributed by atoms with Crippen molar-refractivity contribution in [1.82, 2.24) is 19.9 Å². The standard InChI is InChI=1S/C14H20N8/c1-10-12(15)19-14(20-13(10)16-2)22-7-5-21(6-8-22)11-9-17-3-4-18-11/h3-4,9H,5-8H2,1-2H3,(H3,15,16,19,20). The van der Waals surface area contributed by atoms with E-state index in [0.29, 0.717) is 11.8 Å². The van der Waals surface area contributed by atoms with E-state index >= 15 is 0 Å². The second-order valence-corrected chi connectivity index (χ2v) is 5.17. The SMILES string of the molecule is CNc1nc(N2CCN(c3cnccn3)CC2)nc(N)c1C. The zero-order chi connectivity index (χ0) is 15.5. The summed E-state index contributed by atoms with van der Waals surface area (Å²) in [6.45, 7) is 5.26. The second-order valence-electron chi connectivity index (χ2n) is 5.17. The Bertz CT molecular complexity index is 637. The van der Waals surface area contributed by atoms with Crippen LogP contribution in [-0.2, 0) is 0 Å². The Kier molecular flexibility index (Phi) is 3.90. The van der Waals surface area contributed by atoms with Crippen LogP contribution in [0.1, 0.15) is 5.56 Å². The summed E-state index contributed by atoms with van der Waals surface area (Å²) in [5.41, 5.74) is 6.85. The van der Waals surface area contributed by atoms with Gasteiger partial charge in [0.2, 0.25) is 5.95 Å². The van der Waals surface area contributed by atoms with E-state index in [4.69, 9.17) is 5.73 Å². The fraction of sp³-hybridized carbons (Fsp3) is 0.429. The predicted octanol–water partition coefficient (Wildman–Crippen LogP) is 0.526. The Morgan fingerprint density at radius 2 is 1.82 bits per heavy atom. The minimum Gasteiger partial charge on any atom is -0.383 e. The van der Waals surface area contributed by atoms with E-state index in [1.807, 2.05) is 14.0 Å². The van der Waals surface area contributed by atoms with Crippen LogP contribution in [0.2, 0.25) is 0 Å². The maximum absolute atomic E-state index is 5.98. The van der Waals surface area contributed by atoms with Gasteiger partial charge < -0.3 is 20.9 Å². The molecule has 1 saturated heterocycles. The molecule has 3 rings (SSSR count). The Hall–Kier alpha value is -2.64. The minimum absolute atomic E-state index is 0.519. The van der Waals surface area contributed by atoms with Crippen molar-refractivity contribution in [2.45, 2.75) is 6.92 Å². The molecule has 116 valence electrons. The molecule has 8 nitrogen and oxygen atoms in total. The average Bonchev–Trinajstić information content (AvgIpc) is 2.58. The molecular formula is C14H20N8. The number of rotatable bonds is 3. The molecule has 22 heavy (non-hydrogen) atoms. The number of hydrogen-bond donors (Lipinski definition) is 2. The number of nitrogen functional groups attached to an aromatic ring is 1. The minimum atomic E-state index is 0.519. The maximum atomic E-state index is 5.98. The average molecular weight is 300 g/mol. The molecule has 1 aliphatic rings. The van der Waals surface area contributed by atoms with Gasteiger partial charge in [-0.05, 0) is 6.92 Å². The first-order chi connectivity index (χ1) is 10.7. The van der Waals surface area contributed by atoms with Crippen molar-refractivity contribution in [2.75, 3.05) is 54.1 Å². The Morgan fingerprint density at radius 1 is 1.09 bits per heavy atom. The van der Waals surface area contributed by atoms with Crippen molar-refractivity contribution in [1.29, 1.82) is 0 Å². The van der Waals surface area contributed by atoms with Gasteiger partial charge in [0.25, 0.3) is 0 Å². The lowest BCUT2D eigenvalue weighted by molar-refractivity contribution is 0.634. The van der Waals surface area contributed by atoms with E-state index in [0.717, 1.165) is 43.4 Å². The summed E-state index contributed by atoms with van der Waals surface area (Å²) < 4.78 is 0. The molecule has 0 unspecified atom stereocenters. The molecule has 0 bridgehead atoms. The van der Waals surface area contributed by atoms with E-state index in [2.05, 4.69) is 35.1 Å². The highest BCUT2D eigenvalue weighted by Crippen LogP contribution is 2.22. The fourth-order valence-electron chi connectivity index (χ4n) is 2.50. The van der Waals surface area contributed by atoms with Crippen LogP contribution in [0.5, 0.6) is 0 Å². The van der Waals surface area contributed by atoms with Gasteiger partial charge in [-0.15, -0.1) is 0 Å². The molecule has 0 radical (unpaired) electrons. The van der Waals surface area contributed by atoms with Crippen LogP contribution < -0.4 is 20.9 Å². The number of aromatic nitrogens is 4. The normalized spacial score (nSPS) is 15.0. The van der Waals surface area contributed by atoms with E-state index in [9.17, 15) is 0 Å². The Morgan fingerprint density at radius 3 is 2.45 bits per heavy atom. The number of nitrogens with two attached hydrogens (primary N) is 1. The highest BCUT2D eigenvalue weighted by Gasteiger charge is 2.21. The number of nitrogens with one attached hydrogen (secondary N) is 1. The van der Waals surface area contributed by atoms with E-state index in [1.165, 1.54) is 0 Å². The molecule has 3 N–H and O–H groups in total. The van der Waals surface area contributed by atoms with Crippen LogP contribution in [0.4, 0.5) is 23.4 Å². The van der Waals surface area contributed by atoms with E-state index < -0.39 is 0 Å². The number of piperazine rings is 1. The molecule has 1 fully saturated rings. The lowest BCUT2D eigenvalue weighted by atomic mass is 10.3. The molecule has 0 spiro atoms. The number of hydrogen-bond acceptors (Lipinski definition) is 8. The largest absolute Gasteiger partial charge is 0.383 e. The van der Waals surface area contributed by atoms with Crippen LogP contribution in [0.3, 0.4) is 0 Å². The maximum Gasteiger partial charge on any atom is 0.229 e. The van der Waals surface area contributed by atoms with Crippen LogP contribution in [0, 0.1) is 6.92 Å². The molecule has 0 atom stereocenters. The summed E-state index contributed by atoms with van der Waals surface area (Å²) in [6.07, 6.45) is 5.18. The number of nitrogens with zero attached hydrogens (tertiary/aromatic N) is 6. The zero-order valence-electron chi connectivity index (χ0n) is 12.8. The van der Waals surface area contributed by atoms with Gasteiger partial charge in [-0.1, -0.05) is 0 Å². The van der Waals surface area contributed by atoms with Gasteiger partial charge in [0, 0.05) is 51.2 Å². The summed E-state index contributed by atoms with van der Waals surface area (Å²) >= 11 is 0. The third kappa shape index (κ3) is 2.72. The second kappa shape index (κ2) is 6.00. The number of anilines is 4. The third-order valence-corrected chi connectivity index (χ3v) is 3.84. The van der Waals surface area contributed by atoms with E-state index in [1.54, 1.807) is 18.6 Å². The smallest absolute Gasteiger partial charge is 0.229 e. The molecule has 0 saturated carbocycles. The van der Waals surface area contributed by atoms with Gasteiger partial charge >= 0.3 is 0 Å². The van der Waals surface area contributed by atoms with Crippen molar-refractivity contribution in [3.8, 4) is 0 Å². The summed E-state index contributed by atoms with van der Waals surface area (Å²) in [4.78, 5) is 21.8. The fourth-order valence-corrected chi connectivity index (χ4v) is 2.50. The summed E-state index contributed by atoms with van der Waals surface area (Å²) in [6, 6.07) is 0. The van der Waals surface area contributed by atoms with Crippen molar-refractivity contribution >= 4 is 23.4 Å². The van der Waals surface area contributed by atoms with Gasteiger partial charge in [0.05, 0.1) is 6.20 Å². The lowest BCUT2D eigenvalue weighted by Crippen LogP contribution is -2.47. The quantitative estimate of drug-likeness (QED) is 0.847. The van der Waals surface area contributed by atoms with Crippen LogP contribution in [-0.4, -0.2) is 53.2 Å². The molecular weight excluding hydrogens is 280 g/mol. The molecule has 0 aromatic carbocycles. The van der Waals surface area contributed by atoms with Gasteiger partial charge in [-0.2, -0.15) is 9.97 Å². The molecule has 2 aromatic rings. The summed E-state index contributed by atoms with van der Waals surface area (Å²) in [7, 11) is 1.84. The van der Waals surface area contributed by atoms with Crippen LogP contribution in [0.25, 0.3) is 0 Å². The van der Waals surface area contributed by atoms with Gasteiger partial charge in [0.15, 0.2) is 0 Å². The molecule has 0 aliphatic carbocycles. The molecule has 2 aromatic heterocycles. The highest BCUT2D eigenvalue weighted by atomic mass is 15.3. The Balaban J connectivity index is 1.73. The monoisotopic (exact) mass is 300 g/mol. The van der Waals surface area contributed by atoms with Crippen molar-refractivity contribution in [3.05, 3.63) is 24.2 Å². The van der Waals surface area contributed by atoms with Crippen molar-refractivity contribution < 1.29 is 0 Å². The van der Waals surface area contributed by atoms with Crippen LogP contribution >= 0.6 is 0 Å². The van der Waals surface area contributed by atoms with Gasteiger partial charge in [-0.25, -0.2) is 4.98 Å². The Labute approximate surface area is 129 Å². The van der Waals surface area contributed by atoms with Crippen LogP contribution in [0.15, 0.2) is 18.6 Å². The molecule has 8 heteroatoms. The third-order valence-electron chi connectivity index (χ3n) is 3.84. The predicted molar refractivity (Wildman–Crippen MR) is 87.2 cm³/mol. The first-order valence-electron chi connectivity index (χ1n) is 7.27.